The fraction of sp³-hybridized carbons (Fsp3) is 0.188. The maximum atomic E-state index is 12.3. The monoisotopic (exact) mass is 286 g/mol. The van der Waals surface area contributed by atoms with Crippen molar-refractivity contribution in [2.24, 2.45) is 0 Å². The van der Waals surface area contributed by atoms with Crippen molar-refractivity contribution in [3.05, 3.63) is 59.1 Å². The van der Waals surface area contributed by atoms with Gasteiger partial charge in [0.15, 0.2) is 0 Å². The van der Waals surface area contributed by atoms with E-state index in [0.29, 0.717) is 5.02 Å². The van der Waals surface area contributed by atoms with Gasteiger partial charge in [-0.05, 0) is 30.2 Å². The maximum Gasteiger partial charge on any atom is 0.246 e. The van der Waals surface area contributed by atoms with Crippen LogP contribution >= 0.6 is 11.6 Å². The number of carbonyl (C=O) groups excluding carboxylic acids is 1. The summed E-state index contributed by atoms with van der Waals surface area (Å²) in [4.78, 5) is 14.1. The van der Waals surface area contributed by atoms with E-state index in [4.69, 9.17) is 11.6 Å². The van der Waals surface area contributed by atoms with Crippen LogP contribution in [0.5, 0.6) is 0 Å². The van der Waals surface area contributed by atoms with Crippen LogP contribution in [0.25, 0.3) is 0 Å². The van der Waals surface area contributed by atoms with Gasteiger partial charge in [0.25, 0.3) is 0 Å². The lowest BCUT2D eigenvalue weighted by Gasteiger charge is -2.18. The molecule has 2 aromatic rings. The normalized spacial score (nSPS) is 13.2. The molecule has 1 amide bonds. The van der Waals surface area contributed by atoms with Gasteiger partial charge < -0.3 is 10.2 Å². The fourth-order valence-electron chi connectivity index (χ4n) is 2.47. The smallest absolute Gasteiger partial charge is 0.246 e. The van der Waals surface area contributed by atoms with E-state index < -0.39 is 0 Å². The van der Waals surface area contributed by atoms with Crippen molar-refractivity contribution in [1.82, 2.24) is 0 Å². The van der Waals surface area contributed by atoms with E-state index in [1.807, 2.05) is 41.3 Å². The summed E-state index contributed by atoms with van der Waals surface area (Å²) < 4.78 is 0. The minimum atomic E-state index is 0.0647. The summed E-state index contributed by atoms with van der Waals surface area (Å²) in [6.45, 7) is 1.00. The molecular formula is C16H15ClN2O. The summed E-state index contributed by atoms with van der Waals surface area (Å²) >= 11 is 6.06. The summed E-state index contributed by atoms with van der Waals surface area (Å²) in [5, 5.41) is 3.72. The van der Waals surface area contributed by atoms with Gasteiger partial charge in [-0.2, -0.15) is 0 Å². The summed E-state index contributed by atoms with van der Waals surface area (Å²) in [6.07, 6.45) is 0.925. The van der Waals surface area contributed by atoms with Crippen LogP contribution in [0, 0.1) is 0 Å². The topological polar surface area (TPSA) is 32.3 Å². The van der Waals surface area contributed by atoms with Crippen molar-refractivity contribution >= 4 is 28.9 Å². The average molecular weight is 287 g/mol. The van der Waals surface area contributed by atoms with Gasteiger partial charge in [0.1, 0.15) is 0 Å². The maximum absolute atomic E-state index is 12.3. The van der Waals surface area contributed by atoms with Crippen LogP contribution in [-0.4, -0.2) is 19.0 Å². The Morgan fingerprint density at radius 1 is 1.15 bits per heavy atom. The molecule has 2 aromatic carbocycles. The highest BCUT2D eigenvalue weighted by atomic mass is 35.5. The zero-order valence-electron chi connectivity index (χ0n) is 11.0. The molecule has 20 heavy (non-hydrogen) atoms. The molecule has 1 aliphatic heterocycles. The highest BCUT2D eigenvalue weighted by molar-refractivity contribution is 6.33. The number of benzene rings is 2. The molecule has 1 heterocycles. The zero-order valence-corrected chi connectivity index (χ0v) is 11.7. The predicted molar refractivity (Wildman–Crippen MR) is 82.4 cm³/mol. The third-order valence-corrected chi connectivity index (χ3v) is 3.82. The van der Waals surface area contributed by atoms with Crippen LogP contribution in [0.3, 0.4) is 0 Å². The first-order valence-electron chi connectivity index (χ1n) is 6.62. The summed E-state index contributed by atoms with van der Waals surface area (Å²) in [6, 6.07) is 15.5. The number of anilines is 2. The van der Waals surface area contributed by atoms with E-state index in [0.717, 1.165) is 24.3 Å². The summed E-state index contributed by atoms with van der Waals surface area (Å²) in [5.41, 5.74) is 3.05. The number of fused-ring (bicyclic) bond motifs is 1. The van der Waals surface area contributed by atoms with Gasteiger partial charge in [0, 0.05) is 12.2 Å². The third kappa shape index (κ3) is 2.49. The number of nitrogens with one attached hydrogen (secondary N) is 1. The number of nitrogens with zero attached hydrogens (tertiary/aromatic N) is 1. The quantitative estimate of drug-likeness (QED) is 0.938. The Kier molecular flexibility index (Phi) is 3.61. The van der Waals surface area contributed by atoms with Crippen molar-refractivity contribution in [2.75, 3.05) is 23.3 Å². The highest BCUT2D eigenvalue weighted by Crippen LogP contribution is 2.27. The van der Waals surface area contributed by atoms with Crippen molar-refractivity contribution in [3.8, 4) is 0 Å². The second kappa shape index (κ2) is 5.55. The molecule has 0 spiro atoms. The molecule has 4 heteroatoms. The fourth-order valence-corrected chi connectivity index (χ4v) is 2.67. The lowest BCUT2D eigenvalue weighted by atomic mass is 10.2. The molecule has 0 fully saturated rings. The molecule has 1 aliphatic rings. The molecule has 0 saturated carbocycles. The number of para-hydroxylation sites is 2. The molecule has 0 bridgehead atoms. The molecule has 0 atom stereocenters. The van der Waals surface area contributed by atoms with Crippen LogP contribution in [0.2, 0.25) is 5.02 Å². The Balaban J connectivity index is 1.68. The molecule has 102 valence electrons. The predicted octanol–water partition coefficient (Wildman–Crippen LogP) is 3.34. The Bertz CT molecular complexity index is 642. The molecular weight excluding hydrogens is 272 g/mol. The van der Waals surface area contributed by atoms with Crippen molar-refractivity contribution in [1.29, 1.82) is 0 Å². The van der Waals surface area contributed by atoms with Gasteiger partial charge in [-0.25, -0.2) is 0 Å². The molecule has 3 rings (SSSR count). The van der Waals surface area contributed by atoms with Crippen LogP contribution in [0.15, 0.2) is 48.5 Å². The lowest BCUT2D eigenvalue weighted by Crippen LogP contribution is -2.34. The summed E-state index contributed by atoms with van der Waals surface area (Å²) in [5.74, 6) is 0.0647. The van der Waals surface area contributed by atoms with Gasteiger partial charge in [-0.15, -0.1) is 0 Å². The van der Waals surface area contributed by atoms with E-state index >= 15 is 0 Å². The molecule has 0 aromatic heterocycles. The van der Waals surface area contributed by atoms with E-state index in [1.54, 1.807) is 6.07 Å². The molecule has 0 radical (unpaired) electrons. The zero-order chi connectivity index (χ0) is 13.9. The van der Waals surface area contributed by atoms with Crippen molar-refractivity contribution in [3.63, 3.8) is 0 Å². The Hall–Kier alpha value is -2.00. The molecule has 0 saturated heterocycles. The number of halogens is 1. The van der Waals surface area contributed by atoms with Crippen LogP contribution < -0.4 is 10.2 Å². The Morgan fingerprint density at radius 3 is 2.75 bits per heavy atom. The van der Waals surface area contributed by atoms with Gasteiger partial charge in [-0.3, -0.25) is 4.79 Å². The standard InChI is InChI=1S/C16H15ClN2O/c17-13-6-2-3-7-14(13)18-11-16(20)19-10-9-12-5-1-4-8-15(12)19/h1-8,18H,9-11H2. The number of amides is 1. The first-order valence-corrected chi connectivity index (χ1v) is 7.00. The highest BCUT2D eigenvalue weighted by Gasteiger charge is 2.23. The number of carbonyl (C=O) groups is 1. The van der Waals surface area contributed by atoms with E-state index in [1.165, 1.54) is 5.56 Å². The van der Waals surface area contributed by atoms with Crippen LogP contribution in [0.4, 0.5) is 11.4 Å². The molecule has 3 nitrogen and oxygen atoms in total. The van der Waals surface area contributed by atoms with E-state index in [-0.39, 0.29) is 12.5 Å². The van der Waals surface area contributed by atoms with Gasteiger partial charge in [-0.1, -0.05) is 41.9 Å². The number of hydrogen-bond acceptors (Lipinski definition) is 2. The minimum absolute atomic E-state index is 0.0647. The first kappa shape index (κ1) is 13.0. The Labute approximate surface area is 123 Å². The second-order valence-electron chi connectivity index (χ2n) is 4.76. The van der Waals surface area contributed by atoms with Gasteiger partial charge in [0.2, 0.25) is 5.91 Å². The van der Waals surface area contributed by atoms with Crippen molar-refractivity contribution < 1.29 is 4.79 Å². The van der Waals surface area contributed by atoms with Gasteiger partial charge in [0.05, 0.1) is 17.3 Å². The minimum Gasteiger partial charge on any atom is -0.375 e. The number of rotatable bonds is 3. The van der Waals surface area contributed by atoms with Gasteiger partial charge >= 0.3 is 0 Å². The molecule has 1 N–H and O–H groups in total. The van der Waals surface area contributed by atoms with E-state index in [2.05, 4.69) is 11.4 Å². The molecule has 0 aliphatic carbocycles. The van der Waals surface area contributed by atoms with Crippen molar-refractivity contribution in [2.45, 2.75) is 6.42 Å². The largest absolute Gasteiger partial charge is 0.375 e. The average Bonchev–Trinajstić information content (AvgIpc) is 2.90. The number of hydrogen-bond donors (Lipinski definition) is 1. The van der Waals surface area contributed by atoms with Crippen LogP contribution in [-0.2, 0) is 11.2 Å². The second-order valence-corrected chi connectivity index (χ2v) is 5.16. The first-order chi connectivity index (χ1) is 9.75. The molecule has 0 unspecified atom stereocenters. The third-order valence-electron chi connectivity index (χ3n) is 3.49. The van der Waals surface area contributed by atoms with Crippen LogP contribution in [0.1, 0.15) is 5.56 Å². The summed E-state index contributed by atoms with van der Waals surface area (Å²) in [7, 11) is 0. The van der Waals surface area contributed by atoms with E-state index in [9.17, 15) is 4.79 Å². The SMILES string of the molecule is O=C(CNc1ccccc1Cl)N1CCc2ccccc21. The lowest BCUT2D eigenvalue weighted by molar-refractivity contribution is -0.116. The Morgan fingerprint density at radius 2 is 1.90 bits per heavy atom.